The quantitative estimate of drug-likeness (QED) is 0.802. The molecule has 0 fully saturated rings. The van der Waals surface area contributed by atoms with E-state index in [9.17, 15) is 9.59 Å². The van der Waals surface area contributed by atoms with Crippen LogP contribution in [0.2, 0.25) is 0 Å². The minimum atomic E-state index is -0.201. The fraction of sp³-hybridized carbons (Fsp3) is 0.318. The Balaban J connectivity index is 1.51. The lowest BCUT2D eigenvalue weighted by Crippen LogP contribution is -2.29. The standard InChI is InChI=1S/C22H25N3O3/c1-16(18-10-6-7-11-20(18)28-2)23-21(26)12-13-22(27)25-15-14-19(24-25)17-8-4-3-5-9-17/h3-11,16H,12-15H2,1-2H3,(H,23,26)/t16-/m0/s1. The smallest absolute Gasteiger partial charge is 0.243 e. The molecule has 6 nitrogen and oxygen atoms in total. The van der Waals surface area contributed by atoms with Gasteiger partial charge in [-0.05, 0) is 18.6 Å². The van der Waals surface area contributed by atoms with E-state index >= 15 is 0 Å². The van der Waals surface area contributed by atoms with E-state index in [1.54, 1.807) is 7.11 Å². The molecule has 0 bridgehead atoms. The van der Waals surface area contributed by atoms with E-state index in [-0.39, 0.29) is 30.7 Å². The average Bonchev–Trinajstić information content (AvgIpc) is 3.23. The van der Waals surface area contributed by atoms with Gasteiger partial charge < -0.3 is 10.1 Å². The van der Waals surface area contributed by atoms with Crippen molar-refractivity contribution in [1.82, 2.24) is 10.3 Å². The number of rotatable bonds is 7. The molecule has 146 valence electrons. The number of para-hydroxylation sites is 1. The molecule has 1 aliphatic rings. The van der Waals surface area contributed by atoms with Gasteiger partial charge in [0.05, 0.1) is 25.4 Å². The summed E-state index contributed by atoms with van der Waals surface area (Å²) in [5.41, 5.74) is 2.84. The maximum atomic E-state index is 12.4. The van der Waals surface area contributed by atoms with Crippen molar-refractivity contribution in [3.63, 3.8) is 0 Å². The van der Waals surface area contributed by atoms with E-state index in [2.05, 4.69) is 10.4 Å². The summed E-state index contributed by atoms with van der Waals surface area (Å²) < 4.78 is 5.33. The number of nitrogens with zero attached hydrogens (tertiary/aromatic N) is 2. The van der Waals surface area contributed by atoms with Gasteiger partial charge in [0, 0.05) is 24.8 Å². The first-order chi connectivity index (χ1) is 13.6. The number of hydrazone groups is 1. The maximum Gasteiger partial charge on any atom is 0.243 e. The number of benzene rings is 2. The van der Waals surface area contributed by atoms with E-state index < -0.39 is 0 Å². The first-order valence-corrected chi connectivity index (χ1v) is 9.44. The molecule has 0 radical (unpaired) electrons. The molecule has 0 spiro atoms. The number of methoxy groups -OCH3 is 1. The van der Waals surface area contributed by atoms with E-state index in [1.807, 2.05) is 61.5 Å². The first-order valence-electron chi connectivity index (χ1n) is 9.44. The van der Waals surface area contributed by atoms with Crippen LogP contribution in [0.5, 0.6) is 5.75 Å². The number of amides is 2. The van der Waals surface area contributed by atoms with Gasteiger partial charge in [0.1, 0.15) is 5.75 Å². The van der Waals surface area contributed by atoms with E-state index in [0.29, 0.717) is 6.54 Å². The third-order valence-electron chi connectivity index (χ3n) is 4.75. The number of carbonyl (C=O) groups is 2. The van der Waals surface area contributed by atoms with Crippen molar-refractivity contribution in [3.05, 3.63) is 65.7 Å². The molecule has 28 heavy (non-hydrogen) atoms. The van der Waals surface area contributed by atoms with Crippen LogP contribution in [0, 0.1) is 0 Å². The predicted octanol–water partition coefficient (Wildman–Crippen LogP) is 3.29. The van der Waals surface area contributed by atoms with Gasteiger partial charge in [0.25, 0.3) is 0 Å². The van der Waals surface area contributed by atoms with Gasteiger partial charge in [-0.2, -0.15) is 5.10 Å². The van der Waals surface area contributed by atoms with E-state index in [1.165, 1.54) is 5.01 Å². The summed E-state index contributed by atoms with van der Waals surface area (Å²) in [7, 11) is 1.60. The summed E-state index contributed by atoms with van der Waals surface area (Å²) in [5, 5.41) is 8.82. The minimum absolute atomic E-state index is 0.130. The summed E-state index contributed by atoms with van der Waals surface area (Å²) in [4.78, 5) is 24.7. The number of hydrogen-bond donors (Lipinski definition) is 1. The average molecular weight is 379 g/mol. The Morgan fingerprint density at radius 1 is 1.11 bits per heavy atom. The SMILES string of the molecule is COc1ccccc1[C@H](C)NC(=O)CCC(=O)N1CCC(c2ccccc2)=N1. The Hall–Kier alpha value is -3.15. The summed E-state index contributed by atoms with van der Waals surface area (Å²) in [6.45, 7) is 2.46. The molecule has 0 saturated heterocycles. The van der Waals surface area contributed by atoms with Crippen molar-refractivity contribution in [3.8, 4) is 5.75 Å². The van der Waals surface area contributed by atoms with Gasteiger partial charge in [0.15, 0.2) is 0 Å². The lowest BCUT2D eigenvalue weighted by molar-refractivity contribution is -0.133. The molecule has 1 heterocycles. The fourth-order valence-electron chi connectivity index (χ4n) is 3.24. The maximum absolute atomic E-state index is 12.4. The number of ether oxygens (including phenoxy) is 1. The number of nitrogens with one attached hydrogen (secondary N) is 1. The molecular formula is C22H25N3O3. The lowest BCUT2D eigenvalue weighted by atomic mass is 10.1. The van der Waals surface area contributed by atoms with Crippen LogP contribution in [-0.4, -0.2) is 36.2 Å². The molecule has 0 aliphatic carbocycles. The zero-order valence-electron chi connectivity index (χ0n) is 16.2. The zero-order valence-corrected chi connectivity index (χ0v) is 16.2. The highest BCUT2D eigenvalue weighted by atomic mass is 16.5. The summed E-state index contributed by atoms with van der Waals surface area (Å²) in [6, 6.07) is 17.2. The van der Waals surface area contributed by atoms with Gasteiger partial charge >= 0.3 is 0 Å². The Bertz CT molecular complexity index is 864. The van der Waals surface area contributed by atoms with Crippen LogP contribution >= 0.6 is 0 Å². The van der Waals surface area contributed by atoms with Gasteiger partial charge in [-0.15, -0.1) is 0 Å². The molecule has 1 aliphatic heterocycles. The van der Waals surface area contributed by atoms with Gasteiger partial charge in [-0.3, -0.25) is 9.59 Å². The van der Waals surface area contributed by atoms with Crippen LogP contribution in [0.1, 0.15) is 43.4 Å². The van der Waals surface area contributed by atoms with Gasteiger partial charge in [-0.25, -0.2) is 5.01 Å². The van der Waals surface area contributed by atoms with Crippen molar-refractivity contribution in [2.24, 2.45) is 5.10 Å². The monoisotopic (exact) mass is 379 g/mol. The van der Waals surface area contributed by atoms with E-state index in [4.69, 9.17) is 4.74 Å². The van der Waals surface area contributed by atoms with E-state index in [0.717, 1.165) is 29.0 Å². The second kappa shape index (κ2) is 9.17. The van der Waals surface area contributed by atoms with Crippen LogP contribution < -0.4 is 10.1 Å². The van der Waals surface area contributed by atoms with Crippen molar-refractivity contribution >= 4 is 17.5 Å². The van der Waals surface area contributed by atoms with Gasteiger partial charge in [0.2, 0.25) is 11.8 Å². The van der Waals surface area contributed by atoms with Crippen molar-refractivity contribution in [1.29, 1.82) is 0 Å². The molecule has 2 amide bonds. The summed E-state index contributed by atoms with van der Waals surface area (Å²) >= 11 is 0. The second-order valence-electron chi connectivity index (χ2n) is 6.71. The minimum Gasteiger partial charge on any atom is -0.496 e. The molecule has 1 N–H and O–H groups in total. The Kier molecular flexibility index (Phi) is 6.42. The molecule has 1 atom stereocenters. The van der Waals surface area contributed by atoms with Crippen LogP contribution in [0.15, 0.2) is 59.7 Å². The number of hydrogen-bond acceptors (Lipinski definition) is 4. The first kappa shape index (κ1) is 19.6. The van der Waals surface area contributed by atoms with Crippen molar-refractivity contribution < 1.29 is 14.3 Å². The second-order valence-corrected chi connectivity index (χ2v) is 6.71. The highest BCUT2D eigenvalue weighted by Gasteiger charge is 2.22. The molecule has 2 aromatic rings. The molecule has 3 rings (SSSR count). The van der Waals surface area contributed by atoms with Gasteiger partial charge in [-0.1, -0.05) is 48.5 Å². The third-order valence-corrected chi connectivity index (χ3v) is 4.75. The van der Waals surface area contributed by atoms with Crippen LogP contribution in [0.25, 0.3) is 0 Å². The Morgan fingerprint density at radius 2 is 1.82 bits per heavy atom. The van der Waals surface area contributed by atoms with Crippen LogP contribution in [-0.2, 0) is 9.59 Å². The Labute approximate surface area is 165 Å². The normalized spacial score (nSPS) is 14.4. The highest BCUT2D eigenvalue weighted by Crippen LogP contribution is 2.24. The topological polar surface area (TPSA) is 71.0 Å². The van der Waals surface area contributed by atoms with Crippen LogP contribution in [0.4, 0.5) is 0 Å². The molecular weight excluding hydrogens is 354 g/mol. The Morgan fingerprint density at radius 3 is 2.57 bits per heavy atom. The van der Waals surface area contributed by atoms with Crippen molar-refractivity contribution in [2.45, 2.75) is 32.2 Å². The molecule has 6 heteroatoms. The lowest BCUT2D eigenvalue weighted by Gasteiger charge is -2.17. The fourth-order valence-corrected chi connectivity index (χ4v) is 3.24. The van der Waals surface area contributed by atoms with Crippen LogP contribution in [0.3, 0.4) is 0 Å². The molecule has 0 saturated carbocycles. The zero-order chi connectivity index (χ0) is 19.9. The predicted molar refractivity (Wildman–Crippen MR) is 108 cm³/mol. The summed E-state index contributed by atoms with van der Waals surface area (Å²) in [6.07, 6.45) is 0.994. The summed E-state index contributed by atoms with van der Waals surface area (Å²) in [5.74, 6) is 0.426. The molecule has 0 aromatic heterocycles. The van der Waals surface area contributed by atoms with Crippen molar-refractivity contribution in [2.75, 3.05) is 13.7 Å². The molecule has 2 aromatic carbocycles. The third kappa shape index (κ3) is 4.76. The number of carbonyl (C=O) groups excluding carboxylic acids is 2. The largest absolute Gasteiger partial charge is 0.496 e. The highest BCUT2D eigenvalue weighted by molar-refractivity contribution is 6.02. The molecule has 0 unspecified atom stereocenters.